The maximum atomic E-state index is 12.2. The Balaban J connectivity index is 1.86. The van der Waals surface area contributed by atoms with Crippen LogP contribution in [0.1, 0.15) is 24.8 Å². The van der Waals surface area contributed by atoms with Crippen molar-refractivity contribution in [3.63, 3.8) is 0 Å². The molecule has 3 atom stereocenters. The van der Waals surface area contributed by atoms with Crippen molar-refractivity contribution in [1.29, 1.82) is 0 Å². The molecule has 0 bridgehead atoms. The summed E-state index contributed by atoms with van der Waals surface area (Å²) < 4.78 is 5.22. The van der Waals surface area contributed by atoms with Gasteiger partial charge in [0.2, 0.25) is 5.91 Å². The van der Waals surface area contributed by atoms with Gasteiger partial charge in [-0.25, -0.2) is 0 Å². The minimum Gasteiger partial charge on any atom is -0.388 e. The number of carbonyl (C=O) groups excluding carboxylic acids is 1. The molecule has 1 aliphatic rings. The number of aryl methyl sites for hydroxylation is 1. The SMILES string of the molecule is CO[C@@H]1CC[C@@H](N(C)C(=O)CCc2cccnc2)[C@H]1O. The van der Waals surface area contributed by atoms with Gasteiger partial charge in [0, 0.05) is 33.0 Å². The van der Waals surface area contributed by atoms with Crippen LogP contribution in [0.4, 0.5) is 0 Å². The highest BCUT2D eigenvalue weighted by atomic mass is 16.5. The van der Waals surface area contributed by atoms with Crippen LogP contribution in [-0.2, 0) is 16.0 Å². The van der Waals surface area contributed by atoms with Crippen LogP contribution in [0.2, 0.25) is 0 Å². The van der Waals surface area contributed by atoms with Crippen LogP contribution in [0.25, 0.3) is 0 Å². The van der Waals surface area contributed by atoms with Crippen LogP contribution < -0.4 is 0 Å². The van der Waals surface area contributed by atoms with Crippen molar-refractivity contribution >= 4 is 5.91 Å². The molecule has 110 valence electrons. The second kappa shape index (κ2) is 6.81. The van der Waals surface area contributed by atoms with Crippen LogP contribution in [0.15, 0.2) is 24.5 Å². The summed E-state index contributed by atoms with van der Waals surface area (Å²) >= 11 is 0. The van der Waals surface area contributed by atoms with E-state index in [4.69, 9.17) is 4.74 Å². The lowest BCUT2D eigenvalue weighted by Crippen LogP contribution is -2.44. The van der Waals surface area contributed by atoms with Gasteiger partial charge in [-0.05, 0) is 30.9 Å². The summed E-state index contributed by atoms with van der Waals surface area (Å²) in [5.74, 6) is 0.0506. The van der Waals surface area contributed by atoms with E-state index in [9.17, 15) is 9.90 Å². The summed E-state index contributed by atoms with van der Waals surface area (Å²) in [6, 6.07) is 3.69. The first kappa shape index (κ1) is 14.9. The monoisotopic (exact) mass is 278 g/mol. The Labute approximate surface area is 119 Å². The molecule has 1 amide bonds. The van der Waals surface area contributed by atoms with E-state index in [0.29, 0.717) is 12.8 Å². The molecule has 5 nitrogen and oxygen atoms in total. The number of ether oxygens (including phenoxy) is 1. The van der Waals surface area contributed by atoms with Gasteiger partial charge in [-0.3, -0.25) is 9.78 Å². The first-order valence-electron chi connectivity index (χ1n) is 6.99. The number of rotatable bonds is 5. The number of aliphatic hydroxyl groups is 1. The van der Waals surface area contributed by atoms with E-state index in [-0.39, 0.29) is 18.1 Å². The Kier molecular flexibility index (Phi) is 5.09. The Morgan fingerprint density at radius 3 is 2.95 bits per heavy atom. The van der Waals surface area contributed by atoms with Crippen LogP contribution in [0.3, 0.4) is 0 Å². The summed E-state index contributed by atoms with van der Waals surface area (Å²) in [7, 11) is 3.36. The van der Waals surface area contributed by atoms with Gasteiger partial charge in [0.25, 0.3) is 0 Å². The fraction of sp³-hybridized carbons (Fsp3) is 0.600. The minimum absolute atomic E-state index is 0.0506. The lowest BCUT2D eigenvalue weighted by molar-refractivity contribution is -0.134. The van der Waals surface area contributed by atoms with Gasteiger partial charge in [0.1, 0.15) is 6.10 Å². The summed E-state index contributed by atoms with van der Waals surface area (Å²) in [5, 5.41) is 10.1. The van der Waals surface area contributed by atoms with E-state index in [0.717, 1.165) is 18.4 Å². The third-order valence-electron chi connectivity index (χ3n) is 4.07. The molecule has 0 aliphatic heterocycles. The van der Waals surface area contributed by atoms with Gasteiger partial charge >= 0.3 is 0 Å². The van der Waals surface area contributed by atoms with E-state index in [1.807, 2.05) is 12.1 Å². The van der Waals surface area contributed by atoms with Gasteiger partial charge in [0.05, 0.1) is 12.1 Å². The lowest BCUT2D eigenvalue weighted by atomic mass is 10.1. The fourth-order valence-electron chi connectivity index (χ4n) is 2.76. The van der Waals surface area contributed by atoms with E-state index < -0.39 is 6.10 Å². The molecule has 0 saturated heterocycles. The highest BCUT2D eigenvalue weighted by Gasteiger charge is 2.38. The summed E-state index contributed by atoms with van der Waals surface area (Å²) in [6.07, 6.45) is 5.44. The molecule has 1 aromatic heterocycles. The number of likely N-dealkylation sites (N-methyl/N-ethyl adjacent to an activating group) is 1. The van der Waals surface area contributed by atoms with Crippen LogP contribution in [0, 0.1) is 0 Å². The second-order valence-electron chi connectivity index (χ2n) is 5.28. The zero-order valence-corrected chi connectivity index (χ0v) is 12.0. The maximum Gasteiger partial charge on any atom is 0.222 e. The van der Waals surface area contributed by atoms with Crippen molar-refractivity contribution in [2.45, 2.75) is 43.9 Å². The predicted molar refractivity (Wildman–Crippen MR) is 75.2 cm³/mol. The van der Waals surface area contributed by atoms with Crippen LogP contribution in [0.5, 0.6) is 0 Å². The van der Waals surface area contributed by atoms with Gasteiger partial charge in [-0.2, -0.15) is 0 Å². The Morgan fingerprint density at radius 2 is 2.35 bits per heavy atom. The molecule has 1 N–H and O–H groups in total. The van der Waals surface area contributed by atoms with Crippen molar-refractivity contribution in [3.05, 3.63) is 30.1 Å². The third kappa shape index (κ3) is 3.35. The lowest BCUT2D eigenvalue weighted by Gasteiger charge is -2.28. The molecule has 1 fully saturated rings. The highest BCUT2D eigenvalue weighted by molar-refractivity contribution is 5.76. The van der Waals surface area contributed by atoms with Crippen LogP contribution >= 0.6 is 0 Å². The Bertz CT molecular complexity index is 438. The second-order valence-corrected chi connectivity index (χ2v) is 5.28. The zero-order valence-electron chi connectivity index (χ0n) is 12.0. The van der Waals surface area contributed by atoms with Crippen molar-refractivity contribution in [2.75, 3.05) is 14.2 Å². The smallest absolute Gasteiger partial charge is 0.222 e. The van der Waals surface area contributed by atoms with Gasteiger partial charge < -0.3 is 14.7 Å². The quantitative estimate of drug-likeness (QED) is 0.873. The van der Waals surface area contributed by atoms with Crippen molar-refractivity contribution < 1.29 is 14.6 Å². The average molecular weight is 278 g/mol. The molecule has 20 heavy (non-hydrogen) atoms. The average Bonchev–Trinajstić information content (AvgIpc) is 2.86. The molecule has 0 radical (unpaired) electrons. The number of hydrogen-bond acceptors (Lipinski definition) is 4. The van der Waals surface area contributed by atoms with Gasteiger partial charge in [-0.15, -0.1) is 0 Å². The molecular formula is C15H22N2O3. The third-order valence-corrected chi connectivity index (χ3v) is 4.07. The normalized spacial score (nSPS) is 25.6. The predicted octanol–water partition coefficient (Wildman–Crippen LogP) is 1.01. The molecule has 2 rings (SSSR count). The molecular weight excluding hydrogens is 256 g/mol. The van der Waals surface area contributed by atoms with Crippen molar-refractivity contribution in [2.24, 2.45) is 0 Å². The molecule has 1 aliphatic carbocycles. The minimum atomic E-state index is -0.590. The molecule has 0 aromatic carbocycles. The molecule has 5 heteroatoms. The van der Waals surface area contributed by atoms with Gasteiger partial charge in [-0.1, -0.05) is 6.07 Å². The maximum absolute atomic E-state index is 12.2. The Morgan fingerprint density at radius 1 is 1.55 bits per heavy atom. The number of pyridine rings is 1. The molecule has 0 unspecified atom stereocenters. The number of amides is 1. The first-order valence-corrected chi connectivity index (χ1v) is 6.99. The molecule has 1 heterocycles. The zero-order chi connectivity index (χ0) is 14.5. The standard InChI is InChI=1S/C15H22N2O3/c1-17(12-6-7-13(20-2)15(12)19)14(18)8-5-11-4-3-9-16-10-11/h3-4,9-10,12-13,15,19H,5-8H2,1-2H3/t12-,13-,15-/m1/s1. The Hall–Kier alpha value is -1.46. The molecule has 1 saturated carbocycles. The fourth-order valence-corrected chi connectivity index (χ4v) is 2.76. The largest absolute Gasteiger partial charge is 0.388 e. The van der Waals surface area contributed by atoms with E-state index >= 15 is 0 Å². The summed E-state index contributed by atoms with van der Waals surface area (Å²) in [5.41, 5.74) is 1.05. The molecule has 0 spiro atoms. The number of carbonyl (C=O) groups is 1. The van der Waals surface area contributed by atoms with Gasteiger partial charge in [0.15, 0.2) is 0 Å². The van der Waals surface area contributed by atoms with Crippen molar-refractivity contribution in [1.82, 2.24) is 9.88 Å². The molecule has 1 aromatic rings. The highest BCUT2D eigenvalue weighted by Crippen LogP contribution is 2.26. The number of hydrogen-bond donors (Lipinski definition) is 1. The number of methoxy groups -OCH3 is 1. The summed E-state index contributed by atoms with van der Waals surface area (Å²) in [4.78, 5) is 17.9. The first-order chi connectivity index (χ1) is 9.63. The van der Waals surface area contributed by atoms with E-state index in [2.05, 4.69) is 4.98 Å². The number of aliphatic hydroxyl groups excluding tert-OH is 1. The van der Waals surface area contributed by atoms with E-state index in [1.165, 1.54) is 0 Å². The summed E-state index contributed by atoms with van der Waals surface area (Å²) in [6.45, 7) is 0. The van der Waals surface area contributed by atoms with E-state index in [1.54, 1.807) is 31.5 Å². The topological polar surface area (TPSA) is 62.7 Å². The number of aromatic nitrogens is 1. The van der Waals surface area contributed by atoms with Crippen molar-refractivity contribution in [3.8, 4) is 0 Å². The number of nitrogens with zero attached hydrogens (tertiary/aromatic N) is 2. The van der Waals surface area contributed by atoms with Crippen LogP contribution in [-0.4, -0.2) is 53.3 Å².